The summed E-state index contributed by atoms with van der Waals surface area (Å²) in [6.07, 6.45) is 1.68. The molecule has 0 aliphatic carbocycles. The lowest BCUT2D eigenvalue weighted by Gasteiger charge is -2.14. The topological polar surface area (TPSA) is 77.0 Å². The van der Waals surface area contributed by atoms with Crippen LogP contribution in [0.15, 0.2) is 50.8 Å². The van der Waals surface area contributed by atoms with Crippen molar-refractivity contribution in [2.45, 2.75) is 13.5 Å². The van der Waals surface area contributed by atoms with Crippen LogP contribution in [0.25, 0.3) is 6.08 Å². The molecule has 0 saturated heterocycles. The fourth-order valence-electron chi connectivity index (χ4n) is 2.51. The molecule has 0 saturated carbocycles. The van der Waals surface area contributed by atoms with E-state index in [9.17, 15) is 9.59 Å². The molecule has 2 amide bonds. The maximum Gasteiger partial charge on any atom is 0.286 e. The van der Waals surface area contributed by atoms with E-state index in [4.69, 9.17) is 21.1 Å². The Hall–Kier alpha value is -2.29. The molecule has 1 aliphatic rings. The molecule has 29 heavy (non-hydrogen) atoms. The first kappa shape index (κ1) is 21.4. The number of amides is 2. The Morgan fingerprint density at radius 2 is 2.14 bits per heavy atom. The molecule has 150 valence electrons. The zero-order valence-corrected chi connectivity index (χ0v) is 18.7. The van der Waals surface area contributed by atoms with Crippen LogP contribution in [0.2, 0.25) is 5.02 Å². The second-order valence-corrected chi connectivity index (χ2v) is 8.29. The Morgan fingerprint density at radius 3 is 2.83 bits per heavy atom. The van der Waals surface area contributed by atoms with Gasteiger partial charge in [-0.25, -0.2) is 0 Å². The maximum absolute atomic E-state index is 12.1. The Kier molecular flexibility index (Phi) is 7.00. The van der Waals surface area contributed by atoms with Crippen LogP contribution in [0.3, 0.4) is 0 Å². The molecule has 0 radical (unpaired) electrons. The summed E-state index contributed by atoms with van der Waals surface area (Å²) in [4.78, 5) is 27.4. The Morgan fingerprint density at radius 1 is 1.34 bits per heavy atom. The molecular weight excluding hydrogens is 480 g/mol. The predicted molar refractivity (Wildman–Crippen MR) is 118 cm³/mol. The standard InChI is InChI=1S/C20H16BrClN2O4S/c1-11(25)23-20-24-19(26)17(29-20)9-13-7-15(21)18(16(8-13)27-2)28-10-12-4-3-5-14(22)6-12/h3-9H,10H2,1-2H3,(H,23,24,25,26)/b17-9-. The van der Waals surface area contributed by atoms with Crippen LogP contribution in [-0.4, -0.2) is 24.1 Å². The summed E-state index contributed by atoms with van der Waals surface area (Å²) in [5, 5.41) is 3.42. The molecule has 1 N–H and O–H groups in total. The number of aliphatic imine (C=N–C) groups is 1. The Balaban J connectivity index is 1.80. The second-order valence-electron chi connectivity index (χ2n) is 5.97. The van der Waals surface area contributed by atoms with Crippen molar-refractivity contribution in [3.8, 4) is 11.5 Å². The maximum atomic E-state index is 12.1. The van der Waals surface area contributed by atoms with Crippen molar-refractivity contribution >= 4 is 62.4 Å². The summed E-state index contributed by atoms with van der Waals surface area (Å²) >= 11 is 10.6. The SMILES string of the molecule is COc1cc(/C=C2\SC(NC(C)=O)=NC2=O)cc(Br)c1OCc1cccc(Cl)c1. The highest BCUT2D eigenvalue weighted by atomic mass is 79.9. The molecule has 6 nitrogen and oxygen atoms in total. The molecule has 0 spiro atoms. The molecular formula is C20H16BrClN2O4S. The lowest BCUT2D eigenvalue weighted by molar-refractivity contribution is -0.117. The van der Waals surface area contributed by atoms with Crippen LogP contribution in [0.1, 0.15) is 18.1 Å². The first-order valence-electron chi connectivity index (χ1n) is 8.40. The third kappa shape index (κ3) is 5.62. The van der Waals surface area contributed by atoms with Gasteiger partial charge in [-0.2, -0.15) is 4.99 Å². The van der Waals surface area contributed by atoms with E-state index in [1.54, 1.807) is 25.3 Å². The quantitative estimate of drug-likeness (QED) is 0.603. The average molecular weight is 496 g/mol. The van der Waals surface area contributed by atoms with Crippen LogP contribution in [0, 0.1) is 0 Å². The number of hydrogen-bond donors (Lipinski definition) is 1. The summed E-state index contributed by atoms with van der Waals surface area (Å²) < 4.78 is 12.0. The molecule has 2 aromatic rings. The fourth-order valence-corrected chi connectivity index (χ4v) is 4.16. The highest BCUT2D eigenvalue weighted by Gasteiger charge is 2.23. The molecule has 0 fully saturated rings. The number of nitrogens with one attached hydrogen (secondary N) is 1. The van der Waals surface area contributed by atoms with E-state index in [1.165, 1.54) is 6.92 Å². The first-order chi connectivity index (χ1) is 13.9. The summed E-state index contributed by atoms with van der Waals surface area (Å²) in [5.41, 5.74) is 1.65. The Bertz CT molecular complexity index is 1040. The van der Waals surface area contributed by atoms with Crippen LogP contribution < -0.4 is 14.8 Å². The number of hydrogen-bond acceptors (Lipinski definition) is 5. The monoisotopic (exact) mass is 494 g/mol. The number of benzene rings is 2. The van der Waals surface area contributed by atoms with Gasteiger partial charge in [0, 0.05) is 11.9 Å². The minimum absolute atomic E-state index is 0.265. The molecule has 0 bridgehead atoms. The normalized spacial score (nSPS) is 14.7. The molecule has 1 aliphatic heterocycles. The zero-order chi connectivity index (χ0) is 21.0. The molecule has 9 heteroatoms. The van der Waals surface area contributed by atoms with Gasteiger partial charge in [-0.05, 0) is 69.2 Å². The highest BCUT2D eigenvalue weighted by molar-refractivity contribution is 9.10. The highest BCUT2D eigenvalue weighted by Crippen LogP contribution is 2.39. The molecule has 1 heterocycles. The van der Waals surface area contributed by atoms with Crippen molar-refractivity contribution < 1.29 is 19.1 Å². The van der Waals surface area contributed by atoms with Gasteiger partial charge in [0.25, 0.3) is 5.91 Å². The van der Waals surface area contributed by atoms with Crippen molar-refractivity contribution in [1.82, 2.24) is 5.32 Å². The second kappa shape index (κ2) is 9.47. The van der Waals surface area contributed by atoms with Crippen molar-refractivity contribution in [1.29, 1.82) is 0 Å². The van der Waals surface area contributed by atoms with E-state index in [1.807, 2.05) is 24.3 Å². The number of ether oxygens (including phenoxy) is 2. The smallest absolute Gasteiger partial charge is 0.286 e. The summed E-state index contributed by atoms with van der Waals surface area (Å²) in [6, 6.07) is 11.0. The van der Waals surface area contributed by atoms with Crippen molar-refractivity contribution in [2.75, 3.05) is 7.11 Å². The van der Waals surface area contributed by atoms with E-state index >= 15 is 0 Å². The molecule has 0 aromatic heterocycles. The lowest BCUT2D eigenvalue weighted by atomic mass is 10.2. The molecule has 0 unspecified atom stereocenters. The number of rotatable bonds is 5. The number of carbonyl (C=O) groups excluding carboxylic acids is 2. The number of amidine groups is 1. The van der Waals surface area contributed by atoms with E-state index in [-0.39, 0.29) is 11.1 Å². The van der Waals surface area contributed by atoms with Gasteiger partial charge in [0.05, 0.1) is 16.5 Å². The molecule has 3 rings (SSSR count). The van der Waals surface area contributed by atoms with Crippen LogP contribution in [0.4, 0.5) is 0 Å². The van der Waals surface area contributed by atoms with E-state index in [2.05, 4.69) is 26.2 Å². The third-order valence-corrected chi connectivity index (χ3v) is 5.45. The van der Waals surface area contributed by atoms with Gasteiger partial charge in [0.2, 0.25) is 5.91 Å². The summed E-state index contributed by atoms with van der Waals surface area (Å²) in [7, 11) is 1.54. The van der Waals surface area contributed by atoms with E-state index < -0.39 is 5.91 Å². The fraction of sp³-hybridized carbons (Fsp3) is 0.150. The largest absolute Gasteiger partial charge is 0.493 e. The van der Waals surface area contributed by atoms with Crippen molar-refractivity contribution in [2.24, 2.45) is 4.99 Å². The zero-order valence-electron chi connectivity index (χ0n) is 15.5. The van der Waals surface area contributed by atoms with E-state index in [0.717, 1.165) is 22.9 Å². The van der Waals surface area contributed by atoms with Gasteiger partial charge >= 0.3 is 0 Å². The summed E-state index contributed by atoms with van der Waals surface area (Å²) in [5.74, 6) is 0.355. The summed E-state index contributed by atoms with van der Waals surface area (Å²) in [6.45, 7) is 1.68. The van der Waals surface area contributed by atoms with Gasteiger partial charge in [0.1, 0.15) is 6.61 Å². The van der Waals surface area contributed by atoms with E-state index in [0.29, 0.717) is 32.5 Å². The number of thioether (sulfide) groups is 1. The third-order valence-electron chi connectivity index (χ3n) is 3.73. The van der Waals surface area contributed by atoms with Crippen molar-refractivity contribution in [3.63, 3.8) is 0 Å². The van der Waals surface area contributed by atoms with Gasteiger partial charge in [-0.3, -0.25) is 9.59 Å². The molecule has 2 aromatic carbocycles. The van der Waals surface area contributed by atoms with Crippen molar-refractivity contribution in [3.05, 3.63) is 61.9 Å². The number of methoxy groups -OCH3 is 1. The van der Waals surface area contributed by atoms with Gasteiger partial charge in [-0.15, -0.1) is 0 Å². The number of nitrogens with zero attached hydrogens (tertiary/aromatic N) is 1. The lowest BCUT2D eigenvalue weighted by Crippen LogP contribution is -2.23. The minimum Gasteiger partial charge on any atom is -0.493 e. The van der Waals surface area contributed by atoms with Gasteiger partial charge < -0.3 is 14.8 Å². The predicted octanol–water partition coefficient (Wildman–Crippen LogP) is 4.80. The first-order valence-corrected chi connectivity index (χ1v) is 10.4. The minimum atomic E-state index is -0.407. The average Bonchev–Trinajstić information content (AvgIpc) is 2.98. The van der Waals surface area contributed by atoms with Gasteiger partial charge in [-0.1, -0.05) is 23.7 Å². The van der Waals surface area contributed by atoms with Gasteiger partial charge in [0.15, 0.2) is 16.7 Å². The molecule has 0 atom stereocenters. The van der Waals surface area contributed by atoms with Crippen LogP contribution >= 0.6 is 39.3 Å². The van der Waals surface area contributed by atoms with Crippen LogP contribution in [0.5, 0.6) is 11.5 Å². The Labute approximate surface area is 185 Å². The number of halogens is 2. The van der Waals surface area contributed by atoms with Crippen LogP contribution in [-0.2, 0) is 16.2 Å². The number of carbonyl (C=O) groups is 2.